The standard InChI is InChI=1S/2C13H9.C2H5.2ClH.Zr/c2*1-3-7-12-10(5-1)9-11-6-2-4-8-13(11)12;1-2;;;/h2*1-9H;1H2,2H3;2*1H;/q;;;;;+2/p-2. The summed E-state index contributed by atoms with van der Waals surface area (Å²) in [4.78, 5) is 0. The van der Waals surface area contributed by atoms with Crippen LogP contribution in [-0.2, 0) is 16.4 Å². The van der Waals surface area contributed by atoms with Crippen LogP contribution in [0, 0.1) is 0 Å². The number of fused-ring (bicyclic) bond motifs is 6. The predicted molar refractivity (Wildman–Crippen MR) is 130 cm³/mol. The second kappa shape index (κ2) is 6.92. The third-order valence-corrected chi connectivity index (χ3v) is 28.0. The molecule has 0 N–H and O–H groups in total. The van der Waals surface area contributed by atoms with Crippen molar-refractivity contribution in [1.82, 2.24) is 0 Å². The molecule has 0 fully saturated rings. The van der Waals surface area contributed by atoms with E-state index >= 15 is 0 Å². The van der Waals surface area contributed by atoms with Gasteiger partial charge in [-0.3, -0.25) is 0 Å². The Kier molecular flexibility index (Phi) is 4.46. The van der Waals surface area contributed by atoms with Crippen molar-refractivity contribution in [3.8, 4) is 22.3 Å². The van der Waals surface area contributed by atoms with Crippen LogP contribution in [0.25, 0.3) is 22.3 Å². The molecule has 0 saturated carbocycles. The zero-order valence-corrected chi connectivity index (χ0v) is 21.3. The number of halogens is 2. The van der Waals surface area contributed by atoms with Crippen LogP contribution in [0.3, 0.4) is 0 Å². The van der Waals surface area contributed by atoms with Crippen LogP contribution in [0.1, 0.15) is 36.4 Å². The van der Waals surface area contributed by atoms with Crippen LogP contribution < -0.4 is 0 Å². The van der Waals surface area contributed by atoms with Gasteiger partial charge in [0.05, 0.1) is 0 Å². The quantitative estimate of drug-likeness (QED) is 0.252. The maximum absolute atomic E-state index is 8.08. The van der Waals surface area contributed by atoms with E-state index in [1.165, 1.54) is 44.5 Å². The number of rotatable bonds is 3. The molecule has 0 aliphatic heterocycles. The average Bonchev–Trinajstić information content (AvgIpc) is 3.34. The van der Waals surface area contributed by atoms with E-state index in [9.17, 15) is 0 Å². The summed E-state index contributed by atoms with van der Waals surface area (Å²) in [7, 11) is 16.2. The van der Waals surface area contributed by atoms with Gasteiger partial charge in [-0.05, 0) is 0 Å². The SMILES string of the molecule is C[CH2][Zr]([Cl])([Cl])([CH]1c2ccccc2-c2ccccc21)[CH]1c2ccccc2-c2ccccc21. The molecule has 31 heavy (non-hydrogen) atoms. The van der Waals surface area contributed by atoms with Gasteiger partial charge in [0.15, 0.2) is 0 Å². The first-order chi connectivity index (χ1) is 15.0. The van der Waals surface area contributed by atoms with Gasteiger partial charge in [0.2, 0.25) is 0 Å². The normalized spacial score (nSPS) is 16.2. The molecule has 0 bridgehead atoms. The van der Waals surface area contributed by atoms with Crippen molar-refractivity contribution in [2.45, 2.75) is 18.3 Å². The van der Waals surface area contributed by atoms with Gasteiger partial charge in [-0.1, -0.05) is 0 Å². The molecular weight excluding hydrogens is 498 g/mol. The summed E-state index contributed by atoms with van der Waals surface area (Å²) in [6.45, 7) is 2.22. The van der Waals surface area contributed by atoms with Gasteiger partial charge in [0.25, 0.3) is 0 Å². The van der Waals surface area contributed by atoms with Gasteiger partial charge >= 0.3 is 193 Å². The van der Waals surface area contributed by atoms with E-state index < -0.39 is 16.4 Å². The molecule has 0 nitrogen and oxygen atoms in total. The molecule has 2 aliphatic rings. The Morgan fingerprint density at radius 1 is 0.516 bits per heavy atom. The van der Waals surface area contributed by atoms with Crippen molar-refractivity contribution < 1.29 is 16.4 Å². The summed E-state index contributed by atoms with van der Waals surface area (Å²) in [5.41, 5.74) is 10.4. The Bertz CT molecular complexity index is 1150. The Morgan fingerprint density at radius 3 is 1.03 bits per heavy atom. The zero-order valence-electron chi connectivity index (χ0n) is 17.4. The molecule has 0 radical (unpaired) electrons. The minimum absolute atomic E-state index is 0.0754. The van der Waals surface area contributed by atoms with E-state index in [4.69, 9.17) is 17.0 Å². The van der Waals surface area contributed by atoms with E-state index in [1.807, 2.05) is 0 Å². The summed E-state index contributed by atoms with van der Waals surface area (Å²) in [5, 5.41) is 0. The molecular formula is C28H23Cl2Zr. The molecule has 0 aromatic heterocycles. The van der Waals surface area contributed by atoms with Gasteiger partial charge in [0, 0.05) is 0 Å². The molecule has 2 aliphatic carbocycles. The summed E-state index contributed by atoms with van der Waals surface area (Å²) in [5.74, 6) is 0. The average molecular weight is 522 g/mol. The molecule has 0 saturated heterocycles. The molecule has 0 heterocycles. The number of benzene rings is 4. The van der Waals surface area contributed by atoms with E-state index in [2.05, 4.69) is 104 Å². The van der Waals surface area contributed by atoms with E-state index in [0.717, 1.165) is 4.13 Å². The van der Waals surface area contributed by atoms with Gasteiger partial charge in [-0.2, -0.15) is 0 Å². The number of hydrogen-bond acceptors (Lipinski definition) is 0. The van der Waals surface area contributed by atoms with Crippen molar-refractivity contribution in [3.05, 3.63) is 119 Å². The molecule has 6 rings (SSSR count). The Morgan fingerprint density at radius 2 is 0.774 bits per heavy atom. The monoisotopic (exact) mass is 519 g/mol. The topological polar surface area (TPSA) is 0 Å². The Balaban J connectivity index is 1.68. The predicted octanol–water partition coefficient (Wildman–Crippen LogP) is 8.96. The molecule has 3 heteroatoms. The summed E-state index contributed by atoms with van der Waals surface area (Å²) in [6, 6.07) is 34.9. The first-order valence-corrected chi connectivity index (χ1v) is 21.9. The minimum atomic E-state index is -4.61. The van der Waals surface area contributed by atoms with Gasteiger partial charge in [-0.25, -0.2) is 0 Å². The zero-order chi connectivity index (χ0) is 21.2. The fourth-order valence-corrected chi connectivity index (χ4v) is 23.3. The van der Waals surface area contributed by atoms with Crippen LogP contribution in [0.4, 0.5) is 0 Å². The Hall–Kier alpha value is -1.66. The molecule has 4 aromatic carbocycles. The first kappa shape index (κ1) is 20.0. The fourth-order valence-electron chi connectivity index (χ4n) is 6.16. The third-order valence-electron chi connectivity index (χ3n) is 7.52. The summed E-state index contributed by atoms with van der Waals surface area (Å²) in [6.07, 6.45) is 0. The van der Waals surface area contributed by atoms with E-state index in [0.29, 0.717) is 0 Å². The molecule has 0 amide bonds. The van der Waals surface area contributed by atoms with Crippen LogP contribution in [0.5, 0.6) is 0 Å². The van der Waals surface area contributed by atoms with Crippen molar-refractivity contribution in [3.63, 3.8) is 0 Å². The van der Waals surface area contributed by atoms with Crippen molar-refractivity contribution in [2.24, 2.45) is 0 Å². The van der Waals surface area contributed by atoms with Gasteiger partial charge in [0.1, 0.15) is 0 Å². The second-order valence-electron chi connectivity index (χ2n) is 8.92. The number of hydrogen-bond donors (Lipinski definition) is 0. The molecule has 153 valence electrons. The molecule has 0 atom stereocenters. The van der Waals surface area contributed by atoms with Crippen LogP contribution in [0.2, 0.25) is 4.13 Å². The van der Waals surface area contributed by atoms with Gasteiger partial charge in [-0.15, -0.1) is 0 Å². The van der Waals surface area contributed by atoms with Crippen LogP contribution in [-0.4, -0.2) is 0 Å². The van der Waals surface area contributed by atoms with Crippen molar-refractivity contribution >= 4 is 17.0 Å². The second-order valence-corrected chi connectivity index (χ2v) is 31.8. The third kappa shape index (κ3) is 2.64. The Labute approximate surface area is 192 Å². The maximum atomic E-state index is 8.08. The van der Waals surface area contributed by atoms with E-state index in [-0.39, 0.29) is 7.25 Å². The van der Waals surface area contributed by atoms with Gasteiger partial charge < -0.3 is 0 Å². The fraction of sp³-hybridized carbons (Fsp3) is 0.143. The van der Waals surface area contributed by atoms with E-state index in [1.54, 1.807) is 0 Å². The van der Waals surface area contributed by atoms with Crippen molar-refractivity contribution in [1.29, 1.82) is 0 Å². The summed E-state index contributed by atoms with van der Waals surface area (Å²) < 4.78 is 0.975. The molecule has 4 aromatic rings. The first-order valence-electron chi connectivity index (χ1n) is 11.0. The van der Waals surface area contributed by atoms with Crippen LogP contribution >= 0.6 is 17.0 Å². The molecule has 0 spiro atoms. The summed E-state index contributed by atoms with van der Waals surface area (Å²) >= 11 is -4.61. The molecule has 0 unspecified atom stereocenters. The van der Waals surface area contributed by atoms with Crippen molar-refractivity contribution in [2.75, 3.05) is 0 Å². The van der Waals surface area contributed by atoms with Crippen LogP contribution in [0.15, 0.2) is 97.1 Å².